The van der Waals surface area contributed by atoms with Gasteiger partial charge in [0.15, 0.2) is 5.03 Å². The van der Waals surface area contributed by atoms with Crippen molar-refractivity contribution < 1.29 is 8.42 Å². The average molecular weight is 332 g/mol. The van der Waals surface area contributed by atoms with E-state index in [9.17, 15) is 8.42 Å². The Labute approximate surface area is 136 Å². The van der Waals surface area contributed by atoms with Crippen LogP contribution >= 0.6 is 0 Å². The normalized spacial score (nSPS) is 23.0. The summed E-state index contributed by atoms with van der Waals surface area (Å²) in [6.45, 7) is 3.05. The van der Waals surface area contributed by atoms with E-state index in [-0.39, 0.29) is 5.03 Å². The van der Waals surface area contributed by atoms with Gasteiger partial charge in [0.1, 0.15) is 0 Å². The molecule has 0 bridgehead atoms. The Morgan fingerprint density at radius 3 is 2.78 bits per heavy atom. The number of sulfonamides is 1. The summed E-state index contributed by atoms with van der Waals surface area (Å²) in [5.74, 6) is 0. The fourth-order valence-corrected chi connectivity index (χ4v) is 4.97. The summed E-state index contributed by atoms with van der Waals surface area (Å²) in [5.41, 5.74) is 2.79. The summed E-state index contributed by atoms with van der Waals surface area (Å²) in [6, 6.07) is 8.82. The number of rotatable bonds is 3. The van der Waals surface area contributed by atoms with E-state index in [0.29, 0.717) is 19.1 Å². The Morgan fingerprint density at radius 1 is 1.17 bits per heavy atom. The molecule has 2 aliphatic rings. The van der Waals surface area contributed by atoms with E-state index in [1.165, 1.54) is 23.7 Å². The molecule has 7 heteroatoms. The van der Waals surface area contributed by atoms with Crippen molar-refractivity contribution in [2.75, 3.05) is 19.6 Å². The third-order valence-corrected chi connectivity index (χ3v) is 6.68. The lowest BCUT2D eigenvalue weighted by atomic mass is 9.98. The van der Waals surface area contributed by atoms with E-state index >= 15 is 0 Å². The van der Waals surface area contributed by atoms with Crippen molar-refractivity contribution in [3.63, 3.8) is 0 Å². The smallest absolute Gasteiger partial charge is 0.260 e. The summed E-state index contributed by atoms with van der Waals surface area (Å²) < 4.78 is 26.7. The van der Waals surface area contributed by atoms with Crippen LogP contribution in [-0.4, -0.2) is 53.3 Å². The lowest BCUT2D eigenvalue weighted by Gasteiger charge is -2.33. The second kappa shape index (κ2) is 5.74. The summed E-state index contributed by atoms with van der Waals surface area (Å²) in [5, 5.41) is 0.183. The van der Waals surface area contributed by atoms with Gasteiger partial charge in [0.05, 0.1) is 12.5 Å². The average Bonchev–Trinajstić information content (AvgIpc) is 3.26. The molecule has 1 N–H and O–H groups in total. The number of benzene rings is 1. The first-order valence-electron chi connectivity index (χ1n) is 7.94. The monoisotopic (exact) mass is 332 g/mol. The van der Waals surface area contributed by atoms with Gasteiger partial charge in [-0.1, -0.05) is 24.3 Å². The molecule has 1 atom stereocenters. The summed E-state index contributed by atoms with van der Waals surface area (Å²) in [7, 11) is -3.44. The topological polar surface area (TPSA) is 69.3 Å². The zero-order chi connectivity index (χ0) is 15.9. The minimum atomic E-state index is -3.44. The summed E-state index contributed by atoms with van der Waals surface area (Å²) in [6.07, 6.45) is 4.71. The fraction of sp³-hybridized carbons (Fsp3) is 0.438. The second-order valence-corrected chi connectivity index (χ2v) is 8.12. The van der Waals surface area contributed by atoms with Crippen molar-refractivity contribution in [3.05, 3.63) is 47.9 Å². The lowest BCUT2D eigenvalue weighted by molar-refractivity contribution is 0.185. The van der Waals surface area contributed by atoms with Crippen molar-refractivity contribution in [3.8, 4) is 0 Å². The summed E-state index contributed by atoms with van der Waals surface area (Å²) >= 11 is 0. The number of nitrogens with one attached hydrogen (secondary N) is 1. The van der Waals surface area contributed by atoms with E-state index in [0.717, 1.165) is 25.9 Å². The van der Waals surface area contributed by atoms with E-state index < -0.39 is 10.0 Å². The number of aromatic nitrogens is 2. The zero-order valence-corrected chi connectivity index (χ0v) is 13.7. The van der Waals surface area contributed by atoms with Crippen molar-refractivity contribution in [1.29, 1.82) is 0 Å². The van der Waals surface area contributed by atoms with E-state index in [1.807, 2.05) is 0 Å². The SMILES string of the molecule is O=S(=O)(c1cnc[nH]1)N1CCC(N2CCc3ccccc3C2)C1. The Balaban J connectivity index is 1.47. The van der Waals surface area contributed by atoms with Crippen LogP contribution in [-0.2, 0) is 23.0 Å². The third kappa shape index (κ3) is 2.69. The molecule has 0 radical (unpaired) electrons. The van der Waals surface area contributed by atoms with Crippen LogP contribution in [0.3, 0.4) is 0 Å². The molecule has 2 aromatic rings. The molecule has 4 rings (SSSR count). The number of hydrogen-bond donors (Lipinski definition) is 1. The standard InChI is InChI=1S/C16H20N4O2S/c21-23(22,16-9-17-12-18-16)20-8-6-15(11-20)19-7-5-13-3-1-2-4-14(13)10-19/h1-4,9,12,15H,5-8,10-11H2,(H,17,18). The van der Waals surface area contributed by atoms with Crippen LogP contribution in [0.5, 0.6) is 0 Å². The molecule has 1 aromatic heterocycles. The Hall–Kier alpha value is -1.70. The van der Waals surface area contributed by atoms with E-state index in [1.54, 1.807) is 4.31 Å². The van der Waals surface area contributed by atoms with Crippen LogP contribution in [0.15, 0.2) is 41.8 Å². The van der Waals surface area contributed by atoms with Crippen LogP contribution < -0.4 is 0 Å². The first-order chi connectivity index (χ1) is 11.1. The minimum absolute atomic E-state index is 0.183. The number of nitrogens with zero attached hydrogens (tertiary/aromatic N) is 3. The van der Waals surface area contributed by atoms with Gasteiger partial charge >= 0.3 is 0 Å². The Bertz CT molecular complexity index is 788. The van der Waals surface area contributed by atoms with Crippen molar-refractivity contribution in [2.24, 2.45) is 0 Å². The van der Waals surface area contributed by atoms with Crippen LogP contribution in [0.1, 0.15) is 17.5 Å². The molecule has 0 amide bonds. The van der Waals surface area contributed by atoms with Gasteiger partial charge in [-0.05, 0) is 24.0 Å². The molecule has 6 nitrogen and oxygen atoms in total. The Morgan fingerprint density at radius 2 is 2.00 bits per heavy atom. The number of hydrogen-bond acceptors (Lipinski definition) is 4. The molecule has 1 saturated heterocycles. The number of H-pyrrole nitrogens is 1. The zero-order valence-electron chi connectivity index (χ0n) is 12.9. The van der Waals surface area contributed by atoms with Crippen LogP contribution in [0.25, 0.3) is 0 Å². The molecule has 0 saturated carbocycles. The largest absolute Gasteiger partial charge is 0.335 e. The highest BCUT2D eigenvalue weighted by atomic mass is 32.2. The third-order valence-electron chi connectivity index (χ3n) is 4.89. The first-order valence-corrected chi connectivity index (χ1v) is 9.38. The van der Waals surface area contributed by atoms with Gasteiger partial charge in [-0.2, -0.15) is 4.31 Å². The second-order valence-electron chi connectivity index (χ2n) is 6.21. The van der Waals surface area contributed by atoms with Gasteiger partial charge < -0.3 is 4.98 Å². The van der Waals surface area contributed by atoms with Gasteiger partial charge in [-0.15, -0.1) is 0 Å². The number of aromatic amines is 1. The van der Waals surface area contributed by atoms with Crippen LogP contribution in [0.2, 0.25) is 0 Å². The molecule has 23 heavy (non-hydrogen) atoms. The van der Waals surface area contributed by atoms with Gasteiger partial charge in [0, 0.05) is 32.2 Å². The lowest BCUT2D eigenvalue weighted by Crippen LogP contribution is -2.41. The molecular weight excluding hydrogens is 312 g/mol. The maximum atomic E-state index is 12.6. The highest BCUT2D eigenvalue weighted by Gasteiger charge is 2.36. The van der Waals surface area contributed by atoms with Gasteiger partial charge in [-0.3, -0.25) is 4.90 Å². The maximum absolute atomic E-state index is 12.6. The van der Waals surface area contributed by atoms with Gasteiger partial charge in [0.2, 0.25) is 0 Å². The van der Waals surface area contributed by atoms with Crippen molar-refractivity contribution in [1.82, 2.24) is 19.2 Å². The fourth-order valence-electron chi connectivity index (χ4n) is 3.58. The molecule has 0 spiro atoms. The first kappa shape index (κ1) is 14.9. The predicted octanol–water partition coefficient (Wildman–Crippen LogP) is 1.23. The van der Waals surface area contributed by atoms with E-state index in [2.05, 4.69) is 39.1 Å². The summed E-state index contributed by atoms with van der Waals surface area (Å²) in [4.78, 5) is 8.95. The van der Waals surface area contributed by atoms with E-state index in [4.69, 9.17) is 0 Å². The van der Waals surface area contributed by atoms with Gasteiger partial charge in [-0.25, -0.2) is 13.4 Å². The Kier molecular flexibility index (Phi) is 3.71. The molecule has 1 unspecified atom stereocenters. The van der Waals surface area contributed by atoms with Crippen LogP contribution in [0, 0.1) is 0 Å². The highest BCUT2D eigenvalue weighted by molar-refractivity contribution is 7.89. The van der Waals surface area contributed by atoms with Crippen molar-refractivity contribution >= 4 is 10.0 Å². The number of imidazole rings is 1. The highest BCUT2D eigenvalue weighted by Crippen LogP contribution is 2.27. The predicted molar refractivity (Wildman–Crippen MR) is 86.3 cm³/mol. The molecule has 3 heterocycles. The van der Waals surface area contributed by atoms with Gasteiger partial charge in [0.25, 0.3) is 10.0 Å². The molecular formula is C16H20N4O2S. The minimum Gasteiger partial charge on any atom is -0.335 e. The molecule has 1 fully saturated rings. The molecule has 122 valence electrons. The van der Waals surface area contributed by atoms with Crippen molar-refractivity contribution in [2.45, 2.75) is 30.5 Å². The molecule has 2 aliphatic heterocycles. The maximum Gasteiger partial charge on any atom is 0.260 e. The number of fused-ring (bicyclic) bond motifs is 1. The van der Waals surface area contributed by atoms with Crippen LogP contribution in [0.4, 0.5) is 0 Å². The molecule has 1 aromatic carbocycles. The molecule has 0 aliphatic carbocycles. The quantitative estimate of drug-likeness (QED) is 0.918.